The van der Waals surface area contributed by atoms with Crippen molar-refractivity contribution in [3.63, 3.8) is 0 Å². The lowest BCUT2D eigenvalue weighted by Crippen LogP contribution is -2.51. The number of amides is 1. The van der Waals surface area contributed by atoms with Gasteiger partial charge in [-0.1, -0.05) is 27.5 Å². The smallest absolute Gasteiger partial charge is 0.243 e. The maximum Gasteiger partial charge on any atom is 0.243 e. The monoisotopic (exact) mass is 582 g/mol. The van der Waals surface area contributed by atoms with Crippen molar-refractivity contribution in [2.45, 2.75) is 50.3 Å². The summed E-state index contributed by atoms with van der Waals surface area (Å²) in [6.45, 7) is 4.40. The quantitative estimate of drug-likeness (QED) is 0.422. The van der Waals surface area contributed by atoms with E-state index in [0.717, 1.165) is 48.8 Å². The molecule has 1 amide bonds. The SMILES string of the molecule is Cc1cc(OC[C@]2(CC(=O)N3CCCCC3)CCCN(S(=O)(=O)c3ccc(Br)cc3)C2)ccc1Cl. The average molecular weight is 584 g/mol. The summed E-state index contributed by atoms with van der Waals surface area (Å²) in [4.78, 5) is 15.5. The fourth-order valence-corrected chi connectivity index (χ4v) is 6.93. The van der Waals surface area contributed by atoms with Gasteiger partial charge in [-0.25, -0.2) is 8.42 Å². The van der Waals surface area contributed by atoms with Gasteiger partial charge in [0.25, 0.3) is 0 Å². The normalized spacial score (nSPS) is 21.6. The van der Waals surface area contributed by atoms with Gasteiger partial charge in [0, 0.05) is 47.5 Å². The van der Waals surface area contributed by atoms with E-state index in [1.165, 1.54) is 4.31 Å². The number of rotatable bonds is 7. The molecule has 2 aromatic carbocycles. The molecule has 4 rings (SSSR count). The molecule has 0 unspecified atom stereocenters. The number of ether oxygens (including phenoxy) is 1. The highest BCUT2D eigenvalue weighted by atomic mass is 79.9. The van der Waals surface area contributed by atoms with Crippen molar-refractivity contribution in [2.24, 2.45) is 5.41 Å². The second-order valence-electron chi connectivity index (χ2n) is 9.71. The van der Waals surface area contributed by atoms with Crippen LogP contribution >= 0.6 is 27.5 Å². The standard InChI is InChI=1S/C26H32BrClN2O4S/c1-20-16-22(8-11-24(20)28)34-19-26(17-25(31)29-13-3-2-4-14-29)12-5-15-30(18-26)35(32,33)23-9-6-21(27)7-10-23/h6-11,16H,2-5,12-15,17-19H2,1H3/t26-/m0/s1. The highest BCUT2D eigenvalue weighted by molar-refractivity contribution is 9.10. The molecule has 2 aliphatic rings. The Balaban J connectivity index is 1.58. The molecule has 190 valence electrons. The molecule has 0 saturated carbocycles. The minimum Gasteiger partial charge on any atom is -0.493 e. The summed E-state index contributed by atoms with van der Waals surface area (Å²) >= 11 is 9.53. The zero-order valence-corrected chi connectivity index (χ0v) is 23.2. The third-order valence-electron chi connectivity index (χ3n) is 6.99. The van der Waals surface area contributed by atoms with Gasteiger partial charge in [-0.15, -0.1) is 0 Å². The topological polar surface area (TPSA) is 66.9 Å². The Morgan fingerprint density at radius 2 is 1.77 bits per heavy atom. The Bertz CT molecular complexity index is 1150. The van der Waals surface area contributed by atoms with Crippen LogP contribution in [0.25, 0.3) is 0 Å². The van der Waals surface area contributed by atoms with Crippen molar-refractivity contribution in [1.29, 1.82) is 0 Å². The summed E-state index contributed by atoms with van der Waals surface area (Å²) in [5, 5.41) is 0.664. The van der Waals surface area contributed by atoms with Gasteiger partial charge in [-0.2, -0.15) is 4.31 Å². The van der Waals surface area contributed by atoms with Gasteiger partial charge >= 0.3 is 0 Å². The van der Waals surface area contributed by atoms with E-state index >= 15 is 0 Å². The van der Waals surface area contributed by atoms with Crippen LogP contribution in [-0.4, -0.2) is 56.3 Å². The number of carbonyl (C=O) groups excluding carboxylic acids is 1. The number of nitrogens with zero attached hydrogens (tertiary/aromatic N) is 2. The lowest BCUT2D eigenvalue weighted by atomic mass is 9.78. The Morgan fingerprint density at radius 1 is 1.06 bits per heavy atom. The number of hydrogen-bond acceptors (Lipinski definition) is 4. The number of hydrogen-bond donors (Lipinski definition) is 0. The van der Waals surface area contributed by atoms with Crippen molar-refractivity contribution < 1.29 is 17.9 Å². The molecule has 6 nitrogen and oxygen atoms in total. The molecule has 35 heavy (non-hydrogen) atoms. The van der Waals surface area contributed by atoms with Gasteiger partial charge in [0.1, 0.15) is 5.75 Å². The van der Waals surface area contributed by atoms with Crippen LogP contribution in [0.15, 0.2) is 51.8 Å². The lowest BCUT2D eigenvalue weighted by molar-refractivity contribution is -0.136. The van der Waals surface area contributed by atoms with Gasteiger partial charge in [0.2, 0.25) is 15.9 Å². The first-order valence-corrected chi connectivity index (χ1v) is 14.7. The number of benzene rings is 2. The van der Waals surface area contributed by atoms with E-state index in [4.69, 9.17) is 16.3 Å². The maximum absolute atomic E-state index is 13.5. The van der Waals surface area contributed by atoms with E-state index in [1.807, 2.05) is 24.0 Å². The number of piperidine rings is 2. The average Bonchev–Trinajstić information content (AvgIpc) is 2.86. The van der Waals surface area contributed by atoms with Crippen LogP contribution in [0.2, 0.25) is 5.02 Å². The second kappa shape index (κ2) is 11.2. The fourth-order valence-electron chi connectivity index (χ4n) is 4.96. The van der Waals surface area contributed by atoms with Crippen LogP contribution in [0.5, 0.6) is 5.75 Å². The molecule has 2 saturated heterocycles. The number of halogens is 2. The molecule has 9 heteroatoms. The molecule has 0 spiro atoms. The molecule has 2 fully saturated rings. The van der Waals surface area contributed by atoms with Crippen molar-refractivity contribution >= 4 is 43.5 Å². The summed E-state index contributed by atoms with van der Waals surface area (Å²) in [6, 6.07) is 12.2. The highest BCUT2D eigenvalue weighted by Gasteiger charge is 2.43. The summed E-state index contributed by atoms with van der Waals surface area (Å²) in [7, 11) is -3.69. The Morgan fingerprint density at radius 3 is 2.46 bits per heavy atom. The zero-order valence-electron chi connectivity index (χ0n) is 20.0. The third-order valence-corrected chi connectivity index (χ3v) is 9.80. The van der Waals surface area contributed by atoms with Crippen LogP contribution in [0.4, 0.5) is 0 Å². The molecule has 0 N–H and O–H groups in total. The van der Waals surface area contributed by atoms with Crippen LogP contribution < -0.4 is 4.74 Å². The summed E-state index contributed by atoms with van der Waals surface area (Å²) < 4.78 is 35.5. The number of carbonyl (C=O) groups is 1. The predicted octanol–water partition coefficient (Wildman–Crippen LogP) is 5.66. The van der Waals surface area contributed by atoms with Crippen LogP contribution in [0, 0.1) is 12.3 Å². The molecule has 0 radical (unpaired) electrons. The van der Waals surface area contributed by atoms with Crippen LogP contribution in [0.1, 0.15) is 44.1 Å². The molecular weight excluding hydrogens is 552 g/mol. The fraction of sp³-hybridized carbons (Fsp3) is 0.500. The second-order valence-corrected chi connectivity index (χ2v) is 13.0. The van der Waals surface area contributed by atoms with Crippen LogP contribution in [-0.2, 0) is 14.8 Å². The molecule has 2 aliphatic heterocycles. The van der Waals surface area contributed by atoms with Crippen LogP contribution in [0.3, 0.4) is 0 Å². The van der Waals surface area contributed by atoms with Crippen molar-refractivity contribution in [1.82, 2.24) is 9.21 Å². The zero-order chi connectivity index (χ0) is 25.1. The van der Waals surface area contributed by atoms with Crippen molar-refractivity contribution in [3.8, 4) is 5.75 Å². The molecule has 1 atom stereocenters. The maximum atomic E-state index is 13.5. The van der Waals surface area contributed by atoms with E-state index in [-0.39, 0.29) is 30.4 Å². The summed E-state index contributed by atoms with van der Waals surface area (Å²) in [5.74, 6) is 0.757. The lowest BCUT2D eigenvalue weighted by Gasteiger charge is -2.42. The predicted molar refractivity (Wildman–Crippen MR) is 141 cm³/mol. The van der Waals surface area contributed by atoms with Gasteiger partial charge in [0.15, 0.2) is 0 Å². The molecule has 0 bridgehead atoms. The van der Waals surface area contributed by atoms with E-state index in [1.54, 1.807) is 30.3 Å². The summed E-state index contributed by atoms with van der Waals surface area (Å²) in [5.41, 5.74) is 0.300. The van der Waals surface area contributed by atoms with E-state index < -0.39 is 15.4 Å². The van der Waals surface area contributed by atoms with E-state index in [2.05, 4.69) is 15.9 Å². The minimum atomic E-state index is -3.69. The van der Waals surface area contributed by atoms with Gasteiger partial charge in [0.05, 0.1) is 11.5 Å². The van der Waals surface area contributed by atoms with Crippen molar-refractivity contribution in [3.05, 3.63) is 57.5 Å². The van der Waals surface area contributed by atoms with Gasteiger partial charge in [-0.3, -0.25) is 4.79 Å². The largest absolute Gasteiger partial charge is 0.493 e. The first-order chi connectivity index (χ1) is 16.7. The Labute approximate surface area is 221 Å². The number of likely N-dealkylation sites (tertiary alicyclic amines) is 1. The molecular formula is C26H32BrClN2O4S. The number of sulfonamides is 1. The first kappa shape index (κ1) is 26.5. The Kier molecular flexibility index (Phi) is 8.46. The highest BCUT2D eigenvalue weighted by Crippen LogP contribution is 2.38. The minimum absolute atomic E-state index is 0.0866. The van der Waals surface area contributed by atoms with Gasteiger partial charge in [-0.05, 0) is 87.1 Å². The molecule has 0 aromatic heterocycles. The molecule has 2 heterocycles. The van der Waals surface area contributed by atoms with E-state index in [0.29, 0.717) is 23.7 Å². The van der Waals surface area contributed by atoms with Gasteiger partial charge < -0.3 is 9.64 Å². The van der Waals surface area contributed by atoms with E-state index in [9.17, 15) is 13.2 Å². The first-order valence-electron chi connectivity index (χ1n) is 12.1. The number of aryl methyl sites for hydroxylation is 1. The third kappa shape index (κ3) is 6.40. The molecule has 2 aromatic rings. The summed E-state index contributed by atoms with van der Waals surface area (Å²) in [6.07, 6.45) is 4.85. The Hall–Kier alpha value is -1.61. The van der Waals surface area contributed by atoms with Crippen molar-refractivity contribution in [2.75, 3.05) is 32.8 Å². The molecule has 0 aliphatic carbocycles.